The predicted molar refractivity (Wildman–Crippen MR) is 119 cm³/mol. The summed E-state index contributed by atoms with van der Waals surface area (Å²) < 4.78 is 5.38. The Morgan fingerprint density at radius 2 is 2.08 bits per heavy atom. The van der Waals surface area contributed by atoms with Gasteiger partial charge in [-0.25, -0.2) is 9.98 Å². The lowest BCUT2D eigenvalue weighted by atomic mass is 10.2. The maximum atomic E-state index is 5.38. The molecule has 1 saturated heterocycles. The first-order valence-corrected chi connectivity index (χ1v) is 9.13. The molecule has 26 heavy (non-hydrogen) atoms. The number of aromatic nitrogens is 1. The van der Waals surface area contributed by atoms with E-state index in [0.717, 1.165) is 69.7 Å². The van der Waals surface area contributed by atoms with Crippen LogP contribution in [0.1, 0.15) is 18.9 Å². The summed E-state index contributed by atoms with van der Waals surface area (Å²) in [4.78, 5) is 13.5. The van der Waals surface area contributed by atoms with Crippen LogP contribution in [-0.2, 0) is 11.3 Å². The Kier molecular flexibility index (Phi) is 11.5. The second-order valence-electron chi connectivity index (χ2n) is 6.35. The number of aliphatic imine (C=N–C) groups is 1. The van der Waals surface area contributed by atoms with Gasteiger partial charge in [0.15, 0.2) is 5.96 Å². The van der Waals surface area contributed by atoms with Gasteiger partial charge in [0.1, 0.15) is 5.82 Å². The third-order valence-corrected chi connectivity index (χ3v) is 4.08. The van der Waals surface area contributed by atoms with Crippen molar-refractivity contribution in [2.75, 3.05) is 64.9 Å². The third-order valence-electron chi connectivity index (χ3n) is 4.08. The van der Waals surface area contributed by atoms with Crippen LogP contribution in [0, 0.1) is 0 Å². The molecule has 0 saturated carbocycles. The lowest BCUT2D eigenvalue weighted by Gasteiger charge is -2.26. The first-order valence-electron chi connectivity index (χ1n) is 9.13. The van der Waals surface area contributed by atoms with Crippen LogP contribution in [0.15, 0.2) is 23.3 Å². The van der Waals surface area contributed by atoms with Gasteiger partial charge in [0, 0.05) is 46.5 Å². The van der Waals surface area contributed by atoms with Crippen LogP contribution < -0.4 is 15.5 Å². The molecule has 0 bridgehead atoms. The topological polar surface area (TPSA) is 65.0 Å². The van der Waals surface area contributed by atoms with Gasteiger partial charge in [0.05, 0.1) is 19.8 Å². The summed E-state index contributed by atoms with van der Waals surface area (Å²) in [6.07, 6.45) is 2.94. The van der Waals surface area contributed by atoms with Crippen molar-refractivity contribution in [2.24, 2.45) is 4.99 Å². The van der Waals surface area contributed by atoms with Crippen LogP contribution in [-0.4, -0.2) is 75.9 Å². The van der Waals surface area contributed by atoms with Crippen molar-refractivity contribution >= 4 is 35.8 Å². The van der Waals surface area contributed by atoms with Gasteiger partial charge in [-0.05, 0) is 37.6 Å². The SMILES string of the molecule is CCNC(=NCc1ccnc(N(C)C)c1)NCCCN1CCOCC1.I. The summed E-state index contributed by atoms with van der Waals surface area (Å²) in [5, 5.41) is 6.73. The molecule has 2 heterocycles. The Hall–Kier alpha value is -1.13. The average molecular weight is 476 g/mol. The molecular weight excluding hydrogens is 443 g/mol. The van der Waals surface area contributed by atoms with E-state index in [1.54, 1.807) is 0 Å². The summed E-state index contributed by atoms with van der Waals surface area (Å²) >= 11 is 0. The molecule has 1 aromatic heterocycles. The predicted octanol–water partition coefficient (Wildman–Crippen LogP) is 1.54. The molecule has 0 radical (unpaired) electrons. The largest absolute Gasteiger partial charge is 0.379 e. The highest BCUT2D eigenvalue weighted by molar-refractivity contribution is 14.0. The second kappa shape index (κ2) is 13.1. The van der Waals surface area contributed by atoms with Crippen molar-refractivity contribution in [3.8, 4) is 0 Å². The third kappa shape index (κ3) is 8.50. The average Bonchev–Trinajstić information content (AvgIpc) is 2.64. The number of pyridine rings is 1. The van der Waals surface area contributed by atoms with Crippen molar-refractivity contribution in [3.63, 3.8) is 0 Å². The van der Waals surface area contributed by atoms with Gasteiger partial charge in [0.25, 0.3) is 0 Å². The molecule has 0 spiro atoms. The fourth-order valence-corrected chi connectivity index (χ4v) is 2.65. The van der Waals surface area contributed by atoms with Gasteiger partial charge in [-0.15, -0.1) is 24.0 Å². The Bertz CT molecular complexity index is 534. The molecule has 0 unspecified atom stereocenters. The first kappa shape index (κ1) is 22.9. The quantitative estimate of drug-likeness (QED) is 0.257. The molecule has 1 aliphatic rings. The van der Waals surface area contributed by atoms with E-state index in [0.29, 0.717) is 6.54 Å². The molecule has 1 aromatic rings. The van der Waals surface area contributed by atoms with E-state index in [9.17, 15) is 0 Å². The number of nitrogens with one attached hydrogen (secondary N) is 2. The molecule has 2 rings (SSSR count). The van der Waals surface area contributed by atoms with Crippen LogP contribution in [0.2, 0.25) is 0 Å². The summed E-state index contributed by atoms with van der Waals surface area (Å²) in [7, 11) is 3.99. The van der Waals surface area contributed by atoms with Crippen molar-refractivity contribution in [2.45, 2.75) is 19.9 Å². The zero-order chi connectivity index (χ0) is 17.9. The summed E-state index contributed by atoms with van der Waals surface area (Å²) in [5.41, 5.74) is 1.16. The maximum absolute atomic E-state index is 5.38. The zero-order valence-corrected chi connectivity index (χ0v) is 18.5. The van der Waals surface area contributed by atoms with E-state index in [-0.39, 0.29) is 24.0 Å². The van der Waals surface area contributed by atoms with Gasteiger partial charge in [0.2, 0.25) is 0 Å². The minimum atomic E-state index is 0. The highest BCUT2D eigenvalue weighted by Gasteiger charge is 2.09. The molecule has 8 heteroatoms. The number of morpholine rings is 1. The number of hydrogen-bond donors (Lipinski definition) is 2. The molecule has 7 nitrogen and oxygen atoms in total. The lowest BCUT2D eigenvalue weighted by molar-refractivity contribution is 0.0376. The molecule has 0 atom stereocenters. The molecule has 1 aliphatic heterocycles. The lowest BCUT2D eigenvalue weighted by Crippen LogP contribution is -2.40. The molecule has 2 N–H and O–H groups in total. The highest BCUT2D eigenvalue weighted by Crippen LogP contribution is 2.10. The first-order chi connectivity index (χ1) is 12.2. The molecule has 1 fully saturated rings. The van der Waals surface area contributed by atoms with Gasteiger partial charge >= 0.3 is 0 Å². The fraction of sp³-hybridized carbons (Fsp3) is 0.667. The number of hydrogen-bond acceptors (Lipinski definition) is 5. The maximum Gasteiger partial charge on any atom is 0.191 e. The molecule has 0 aromatic carbocycles. The van der Waals surface area contributed by atoms with E-state index in [2.05, 4.69) is 38.5 Å². The Morgan fingerprint density at radius 3 is 2.77 bits per heavy atom. The van der Waals surface area contributed by atoms with Gasteiger partial charge < -0.3 is 20.3 Å². The smallest absolute Gasteiger partial charge is 0.191 e. The monoisotopic (exact) mass is 476 g/mol. The Morgan fingerprint density at radius 1 is 1.31 bits per heavy atom. The van der Waals surface area contributed by atoms with Gasteiger partial charge in [-0.1, -0.05) is 0 Å². The van der Waals surface area contributed by atoms with Crippen molar-refractivity contribution < 1.29 is 4.74 Å². The Labute approximate surface area is 174 Å². The Balaban J connectivity index is 0.00000338. The minimum Gasteiger partial charge on any atom is -0.379 e. The van der Waals surface area contributed by atoms with Gasteiger partial charge in [-0.3, -0.25) is 4.90 Å². The van der Waals surface area contributed by atoms with Crippen molar-refractivity contribution in [3.05, 3.63) is 23.9 Å². The van der Waals surface area contributed by atoms with Crippen molar-refractivity contribution in [1.82, 2.24) is 20.5 Å². The molecule has 0 aliphatic carbocycles. The normalized spacial score (nSPS) is 15.3. The minimum absolute atomic E-state index is 0. The van der Waals surface area contributed by atoms with Crippen LogP contribution in [0.5, 0.6) is 0 Å². The number of anilines is 1. The summed E-state index contributed by atoms with van der Waals surface area (Å²) in [6, 6.07) is 4.09. The van der Waals surface area contributed by atoms with Crippen LogP contribution in [0.25, 0.3) is 0 Å². The number of nitrogens with zero attached hydrogens (tertiary/aromatic N) is 4. The molecule has 148 valence electrons. The van der Waals surface area contributed by atoms with Crippen LogP contribution in [0.3, 0.4) is 0 Å². The molecule has 0 amide bonds. The van der Waals surface area contributed by atoms with E-state index in [4.69, 9.17) is 4.74 Å². The van der Waals surface area contributed by atoms with E-state index >= 15 is 0 Å². The zero-order valence-electron chi connectivity index (χ0n) is 16.2. The van der Waals surface area contributed by atoms with Crippen LogP contribution in [0.4, 0.5) is 5.82 Å². The standard InChI is InChI=1S/C18H32N6O.HI/c1-4-19-18(21-7-5-9-24-10-12-25-13-11-24)22-15-16-6-8-20-17(14-16)23(2)3;/h6,8,14H,4-5,7,9-13,15H2,1-3H3,(H2,19,21,22);1H. The number of rotatable bonds is 8. The van der Waals surface area contributed by atoms with E-state index < -0.39 is 0 Å². The van der Waals surface area contributed by atoms with Crippen LogP contribution >= 0.6 is 24.0 Å². The summed E-state index contributed by atoms with van der Waals surface area (Å²) in [6.45, 7) is 9.42. The second-order valence-corrected chi connectivity index (χ2v) is 6.35. The van der Waals surface area contributed by atoms with Gasteiger partial charge in [-0.2, -0.15) is 0 Å². The van der Waals surface area contributed by atoms with Crippen molar-refractivity contribution in [1.29, 1.82) is 0 Å². The highest BCUT2D eigenvalue weighted by atomic mass is 127. The number of ether oxygens (including phenoxy) is 1. The fourth-order valence-electron chi connectivity index (χ4n) is 2.65. The van der Waals surface area contributed by atoms with E-state index in [1.165, 1.54) is 0 Å². The summed E-state index contributed by atoms with van der Waals surface area (Å²) in [5.74, 6) is 1.82. The number of guanidine groups is 1. The van der Waals surface area contributed by atoms with E-state index in [1.807, 2.05) is 31.3 Å². The molecular formula is C18H33IN6O. The number of halogens is 1.